The predicted molar refractivity (Wildman–Crippen MR) is 61.8 cm³/mol. The van der Waals surface area contributed by atoms with E-state index in [9.17, 15) is 4.79 Å². The van der Waals surface area contributed by atoms with E-state index in [1.165, 1.54) is 5.56 Å². The Balaban J connectivity index is 2.51. The Hall–Kier alpha value is -1.02. The van der Waals surface area contributed by atoms with Gasteiger partial charge in [-0.25, -0.2) is 0 Å². The summed E-state index contributed by atoms with van der Waals surface area (Å²) in [6.07, 6.45) is 0.372. The fourth-order valence-corrected chi connectivity index (χ4v) is 1.36. The van der Waals surface area contributed by atoms with Gasteiger partial charge >= 0.3 is 0 Å². The van der Waals surface area contributed by atoms with Crippen LogP contribution in [0.1, 0.15) is 17.5 Å². The van der Waals surface area contributed by atoms with E-state index in [-0.39, 0.29) is 11.7 Å². The third-order valence-electron chi connectivity index (χ3n) is 2.34. The first-order valence-corrected chi connectivity index (χ1v) is 5.45. The molecule has 0 aliphatic carbocycles. The molecule has 0 amide bonds. The zero-order chi connectivity index (χ0) is 11.3. The molecule has 3 heteroatoms. The molecule has 0 radical (unpaired) electrons. The van der Waals surface area contributed by atoms with E-state index in [0.717, 1.165) is 11.3 Å². The summed E-state index contributed by atoms with van der Waals surface area (Å²) in [5.41, 5.74) is 2.31. The van der Waals surface area contributed by atoms with Crippen LogP contribution in [0.25, 0.3) is 0 Å². The van der Waals surface area contributed by atoms with E-state index in [4.69, 9.17) is 16.3 Å². The van der Waals surface area contributed by atoms with E-state index >= 15 is 0 Å². The monoisotopic (exact) mass is 226 g/mol. The Labute approximate surface area is 95.2 Å². The molecule has 0 aliphatic rings. The van der Waals surface area contributed by atoms with E-state index in [2.05, 4.69) is 0 Å². The maximum atomic E-state index is 10.9. The smallest absolute Gasteiger partial charge is 0.150 e. The molecule has 1 aromatic rings. The average molecular weight is 227 g/mol. The lowest BCUT2D eigenvalue weighted by molar-refractivity contribution is -0.117. The summed E-state index contributed by atoms with van der Waals surface area (Å²) in [7, 11) is 0. The molecule has 1 rings (SSSR count). The van der Waals surface area contributed by atoms with Crippen molar-refractivity contribution in [1.29, 1.82) is 0 Å². The number of hydrogen-bond acceptors (Lipinski definition) is 2. The van der Waals surface area contributed by atoms with Gasteiger partial charge in [-0.2, -0.15) is 0 Å². The second-order valence-electron chi connectivity index (χ2n) is 3.47. The summed E-state index contributed by atoms with van der Waals surface area (Å²) in [6, 6.07) is 5.89. The van der Waals surface area contributed by atoms with Crippen molar-refractivity contribution in [2.24, 2.45) is 0 Å². The summed E-state index contributed by atoms with van der Waals surface area (Å²) in [5, 5.41) is 0. The van der Waals surface area contributed by atoms with Crippen LogP contribution in [-0.2, 0) is 4.79 Å². The first-order valence-electron chi connectivity index (χ1n) is 4.92. The Morgan fingerprint density at radius 2 is 2.13 bits per heavy atom. The molecule has 0 aliphatic heterocycles. The molecule has 0 atom stereocenters. The first-order chi connectivity index (χ1) is 7.15. The van der Waals surface area contributed by atoms with Gasteiger partial charge in [-0.3, -0.25) is 4.79 Å². The highest BCUT2D eigenvalue weighted by molar-refractivity contribution is 6.27. The number of hydrogen-bond donors (Lipinski definition) is 0. The predicted octanol–water partition coefficient (Wildman–Crippen LogP) is 2.88. The molecule has 82 valence electrons. The van der Waals surface area contributed by atoms with Crippen molar-refractivity contribution in [3.8, 4) is 5.75 Å². The zero-order valence-electron chi connectivity index (χ0n) is 9.05. The van der Waals surface area contributed by atoms with Crippen molar-refractivity contribution in [3.63, 3.8) is 0 Å². The van der Waals surface area contributed by atoms with Crippen molar-refractivity contribution >= 4 is 17.4 Å². The molecule has 2 nitrogen and oxygen atoms in total. The summed E-state index contributed by atoms with van der Waals surface area (Å²) in [6.45, 7) is 4.44. The molecule has 0 N–H and O–H groups in total. The van der Waals surface area contributed by atoms with Crippen LogP contribution < -0.4 is 4.74 Å². The molecule has 0 fully saturated rings. The molecule has 0 unspecified atom stereocenters. The van der Waals surface area contributed by atoms with Gasteiger partial charge in [0.2, 0.25) is 0 Å². The molecule has 0 heterocycles. The number of ketones is 1. The highest BCUT2D eigenvalue weighted by atomic mass is 35.5. The van der Waals surface area contributed by atoms with E-state index in [1.54, 1.807) is 0 Å². The summed E-state index contributed by atoms with van der Waals surface area (Å²) < 4.78 is 5.51. The number of Topliss-reactive ketones (excluding diaryl/α,β-unsaturated/α-hetero) is 1. The van der Waals surface area contributed by atoms with Gasteiger partial charge in [0.15, 0.2) is 5.78 Å². The number of alkyl halides is 1. The van der Waals surface area contributed by atoms with Gasteiger partial charge < -0.3 is 4.74 Å². The third-order valence-corrected chi connectivity index (χ3v) is 2.64. The van der Waals surface area contributed by atoms with Crippen molar-refractivity contribution in [3.05, 3.63) is 29.3 Å². The minimum atomic E-state index is 0.0157. The fraction of sp³-hybridized carbons (Fsp3) is 0.417. The van der Waals surface area contributed by atoms with Crippen LogP contribution in [0.5, 0.6) is 5.75 Å². The highest BCUT2D eigenvalue weighted by Crippen LogP contribution is 2.20. The third kappa shape index (κ3) is 3.56. The molecular weight excluding hydrogens is 212 g/mol. The number of benzene rings is 1. The van der Waals surface area contributed by atoms with Gasteiger partial charge in [0.25, 0.3) is 0 Å². The van der Waals surface area contributed by atoms with Crippen LogP contribution in [0.2, 0.25) is 0 Å². The van der Waals surface area contributed by atoms with E-state index < -0.39 is 0 Å². The Kier molecular flexibility index (Phi) is 4.63. The van der Waals surface area contributed by atoms with Gasteiger partial charge in [0, 0.05) is 6.42 Å². The molecule has 0 spiro atoms. The fourth-order valence-electron chi connectivity index (χ4n) is 1.22. The van der Waals surface area contributed by atoms with Crippen molar-refractivity contribution < 1.29 is 9.53 Å². The van der Waals surface area contributed by atoms with Crippen LogP contribution in [0, 0.1) is 13.8 Å². The Morgan fingerprint density at radius 3 is 2.80 bits per heavy atom. The normalized spacial score (nSPS) is 10.1. The summed E-state index contributed by atoms with van der Waals surface area (Å²) >= 11 is 5.39. The van der Waals surface area contributed by atoms with Gasteiger partial charge in [0.1, 0.15) is 5.75 Å². The number of carbonyl (C=O) groups is 1. The first kappa shape index (κ1) is 12.1. The minimum Gasteiger partial charge on any atom is -0.493 e. The summed E-state index contributed by atoms with van der Waals surface area (Å²) in [4.78, 5) is 10.9. The van der Waals surface area contributed by atoms with Gasteiger partial charge in [-0.05, 0) is 31.0 Å². The molecule has 15 heavy (non-hydrogen) atoms. The lowest BCUT2D eigenvalue weighted by atomic mass is 10.1. The topological polar surface area (TPSA) is 26.3 Å². The largest absolute Gasteiger partial charge is 0.493 e. The van der Waals surface area contributed by atoms with Gasteiger partial charge in [0.05, 0.1) is 12.5 Å². The molecule has 0 saturated heterocycles. The standard InChI is InChI=1S/C12H15ClO2/c1-9-4-3-5-12(10(9)2)15-7-6-11(14)8-13/h3-5H,6-8H2,1-2H3. The second kappa shape index (κ2) is 5.76. The number of halogens is 1. The lowest BCUT2D eigenvalue weighted by Crippen LogP contribution is -2.07. The average Bonchev–Trinajstić information content (AvgIpc) is 2.24. The van der Waals surface area contributed by atoms with Crippen LogP contribution in [0.3, 0.4) is 0 Å². The van der Waals surface area contributed by atoms with Gasteiger partial charge in [-0.1, -0.05) is 12.1 Å². The molecule has 0 aromatic heterocycles. The number of aryl methyl sites for hydroxylation is 1. The van der Waals surface area contributed by atoms with Gasteiger partial charge in [-0.15, -0.1) is 11.6 Å². The van der Waals surface area contributed by atoms with Crippen molar-refractivity contribution in [2.75, 3.05) is 12.5 Å². The van der Waals surface area contributed by atoms with Crippen LogP contribution in [0.4, 0.5) is 0 Å². The highest BCUT2D eigenvalue weighted by Gasteiger charge is 2.03. The maximum absolute atomic E-state index is 10.9. The Morgan fingerprint density at radius 1 is 1.40 bits per heavy atom. The minimum absolute atomic E-state index is 0.0157. The lowest BCUT2D eigenvalue weighted by Gasteiger charge is -2.09. The molecule has 0 bridgehead atoms. The molecule has 0 saturated carbocycles. The molecule has 1 aromatic carbocycles. The van der Waals surface area contributed by atoms with E-state index in [1.807, 2.05) is 32.0 Å². The van der Waals surface area contributed by atoms with Crippen LogP contribution in [-0.4, -0.2) is 18.3 Å². The second-order valence-corrected chi connectivity index (χ2v) is 3.74. The quantitative estimate of drug-likeness (QED) is 0.722. The van der Waals surface area contributed by atoms with Crippen molar-refractivity contribution in [1.82, 2.24) is 0 Å². The summed E-state index contributed by atoms with van der Waals surface area (Å²) in [5.74, 6) is 0.926. The number of ether oxygens (including phenoxy) is 1. The van der Waals surface area contributed by atoms with Crippen LogP contribution >= 0.6 is 11.6 Å². The zero-order valence-corrected chi connectivity index (χ0v) is 9.80. The van der Waals surface area contributed by atoms with Crippen molar-refractivity contribution in [2.45, 2.75) is 20.3 Å². The molecular formula is C12H15ClO2. The number of rotatable bonds is 5. The Bertz CT molecular complexity index is 347. The maximum Gasteiger partial charge on any atom is 0.150 e. The number of carbonyl (C=O) groups excluding carboxylic acids is 1. The van der Waals surface area contributed by atoms with Crippen LogP contribution in [0.15, 0.2) is 18.2 Å². The SMILES string of the molecule is Cc1cccc(OCCC(=O)CCl)c1C. The van der Waals surface area contributed by atoms with E-state index in [0.29, 0.717) is 13.0 Å².